The van der Waals surface area contributed by atoms with Crippen molar-refractivity contribution >= 4 is 6.03 Å². The molecule has 1 heterocycles. The maximum absolute atomic E-state index is 11.9. The zero-order valence-electron chi connectivity index (χ0n) is 13.4. The number of hydrogen-bond acceptors (Lipinski definition) is 3. The SMILES string of the molecule is CC(O)CCN(C)C(=O)NCC1CCCN(C(C)C)C1. The molecule has 0 spiro atoms. The fourth-order valence-electron chi connectivity index (χ4n) is 2.58. The summed E-state index contributed by atoms with van der Waals surface area (Å²) in [4.78, 5) is 16.1. The van der Waals surface area contributed by atoms with Gasteiger partial charge in [-0.25, -0.2) is 4.79 Å². The summed E-state index contributed by atoms with van der Waals surface area (Å²) in [5, 5.41) is 12.2. The van der Waals surface area contributed by atoms with Gasteiger partial charge in [0.05, 0.1) is 6.10 Å². The smallest absolute Gasteiger partial charge is 0.317 e. The van der Waals surface area contributed by atoms with E-state index in [1.54, 1.807) is 18.9 Å². The molecule has 1 rings (SSSR count). The van der Waals surface area contributed by atoms with E-state index in [1.807, 2.05) is 0 Å². The predicted molar refractivity (Wildman–Crippen MR) is 81.8 cm³/mol. The van der Waals surface area contributed by atoms with Gasteiger partial charge in [0.15, 0.2) is 0 Å². The first-order chi connectivity index (χ1) is 9.40. The molecule has 118 valence electrons. The Labute approximate surface area is 123 Å². The number of nitrogens with one attached hydrogen (secondary N) is 1. The summed E-state index contributed by atoms with van der Waals surface area (Å²) in [7, 11) is 1.78. The van der Waals surface area contributed by atoms with Gasteiger partial charge in [0.2, 0.25) is 0 Å². The molecule has 1 fully saturated rings. The predicted octanol–water partition coefficient (Wildman–Crippen LogP) is 1.52. The molecular formula is C15H31N3O2. The highest BCUT2D eigenvalue weighted by Crippen LogP contribution is 2.17. The Morgan fingerprint density at radius 1 is 1.45 bits per heavy atom. The molecule has 2 amide bonds. The number of hydrogen-bond donors (Lipinski definition) is 2. The third-order valence-corrected chi connectivity index (χ3v) is 4.05. The minimum atomic E-state index is -0.358. The van der Waals surface area contributed by atoms with E-state index in [0.717, 1.165) is 13.1 Å². The number of amides is 2. The van der Waals surface area contributed by atoms with E-state index in [2.05, 4.69) is 24.1 Å². The van der Waals surface area contributed by atoms with Crippen molar-refractivity contribution in [3.8, 4) is 0 Å². The van der Waals surface area contributed by atoms with E-state index in [0.29, 0.717) is 24.9 Å². The highest BCUT2D eigenvalue weighted by molar-refractivity contribution is 5.73. The number of carbonyl (C=O) groups is 1. The summed E-state index contributed by atoms with van der Waals surface area (Å²) in [6, 6.07) is 0.550. The lowest BCUT2D eigenvalue weighted by Crippen LogP contribution is -2.46. The number of nitrogens with zero attached hydrogens (tertiary/aromatic N) is 2. The van der Waals surface area contributed by atoms with Crippen LogP contribution < -0.4 is 5.32 Å². The molecule has 2 atom stereocenters. The zero-order valence-corrected chi connectivity index (χ0v) is 13.4. The topological polar surface area (TPSA) is 55.8 Å². The molecule has 0 radical (unpaired) electrons. The summed E-state index contributed by atoms with van der Waals surface area (Å²) in [6.07, 6.45) is 2.68. The monoisotopic (exact) mass is 285 g/mol. The largest absolute Gasteiger partial charge is 0.393 e. The Morgan fingerprint density at radius 3 is 2.75 bits per heavy atom. The van der Waals surface area contributed by atoms with Crippen molar-refractivity contribution in [3.05, 3.63) is 0 Å². The molecular weight excluding hydrogens is 254 g/mol. The first kappa shape index (κ1) is 17.2. The second-order valence-electron chi connectivity index (χ2n) is 6.34. The Kier molecular flexibility index (Phi) is 7.30. The van der Waals surface area contributed by atoms with Crippen molar-refractivity contribution in [2.45, 2.75) is 52.2 Å². The summed E-state index contributed by atoms with van der Waals surface area (Å²) < 4.78 is 0. The van der Waals surface area contributed by atoms with Gasteiger partial charge in [0.25, 0.3) is 0 Å². The third-order valence-electron chi connectivity index (χ3n) is 4.05. The number of piperidine rings is 1. The zero-order chi connectivity index (χ0) is 15.1. The lowest BCUT2D eigenvalue weighted by molar-refractivity contribution is 0.136. The number of aliphatic hydroxyl groups excluding tert-OH is 1. The average Bonchev–Trinajstić information content (AvgIpc) is 2.42. The van der Waals surface area contributed by atoms with Gasteiger partial charge in [0, 0.05) is 32.7 Å². The van der Waals surface area contributed by atoms with E-state index in [9.17, 15) is 9.90 Å². The molecule has 5 nitrogen and oxygen atoms in total. The molecule has 2 unspecified atom stereocenters. The summed E-state index contributed by atoms with van der Waals surface area (Å²) >= 11 is 0. The van der Waals surface area contributed by atoms with Crippen molar-refractivity contribution < 1.29 is 9.90 Å². The van der Waals surface area contributed by atoms with Gasteiger partial charge in [-0.15, -0.1) is 0 Å². The van der Waals surface area contributed by atoms with Crippen LogP contribution in [0.25, 0.3) is 0 Å². The van der Waals surface area contributed by atoms with Crippen LogP contribution in [-0.2, 0) is 0 Å². The van der Waals surface area contributed by atoms with Crippen LogP contribution in [0.2, 0.25) is 0 Å². The van der Waals surface area contributed by atoms with E-state index < -0.39 is 0 Å². The first-order valence-corrected chi connectivity index (χ1v) is 7.81. The lowest BCUT2D eigenvalue weighted by Gasteiger charge is -2.35. The van der Waals surface area contributed by atoms with Gasteiger partial charge in [-0.3, -0.25) is 0 Å². The number of urea groups is 1. The van der Waals surface area contributed by atoms with Crippen LogP contribution in [0.3, 0.4) is 0 Å². The minimum absolute atomic E-state index is 0.0349. The molecule has 0 aromatic rings. The van der Waals surface area contributed by atoms with E-state index in [4.69, 9.17) is 0 Å². The fraction of sp³-hybridized carbons (Fsp3) is 0.933. The molecule has 5 heteroatoms. The van der Waals surface area contributed by atoms with Gasteiger partial charge in [-0.1, -0.05) is 0 Å². The molecule has 0 aromatic heterocycles. The maximum Gasteiger partial charge on any atom is 0.317 e. The van der Waals surface area contributed by atoms with Gasteiger partial charge in [-0.05, 0) is 52.5 Å². The van der Waals surface area contributed by atoms with Crippen molar-refractivity contribution in [2.24, 2.45) is 5.92 Å². The van der Waals surface area contributed by atoms with Crippen LogP contribution in [0.5, 0.6) is 0 Å². The summed E-state index contributed by atoms with van der Waals surface area (Å²) in [5.74, 6) is 0.556. The number of likely N-dealkylation sites (tertiary alicyclic amines) is 1. The van der Waals surface area contributed by atoms with Crippen molar-refractivity contribution in [1.82, 2.24) is 15.1 Å². The van der Waals surface area contributed by atoms with Gasteiger partial charge in [0.1, 0.15) is 0 Å². The quantitative estimate of drug-likeness (QED) is 0.778. The van der Waals surface area contributed by atoms with Crippen molar-refractivity contribution in [1.29, 1.82) is 0 Å². The highest BCUT2D eigenvalue weighted by atomic mass is 16.3. The molecule has 1 aliphatic heterocycles. The number of carbonyl (C=O) groups excluding carboxylic acids is 1. The Balaban J connectivity index is 2.26. The van der Waals surface area contributed by atoms with Crippen LogP contribution in [0.1, 0.15) is 40.0 Å². The Morgan fingerprint density at radius 2 is 2.15 bits per heavy atom. The van der Waals surface area contributed by atoms with E-state index >= 15 is 0 Å². The minimum Gasteiger partial charge on any atom is -0.393 e. The van der Waals surface area contributed by atoms with Crippen molar-refractivity contribution in [2.75, 3.05) is 33.2 Å². The third kappa shape index (κ3) is 6.09. The van der Waals surface area contributed by atoms with Gasteiger partial charge >= 0.3 is 6.03 Å². The van der Waals surface area contributed by atoms with Gasteiger partial charge < -0.3 is 20.2 Å². The summed E-state index contributed by atoms with van der Waals surface area (Å²) in [5.41, 5.74) is 0. The van der Waals surface area contributed by atoms with Crippen molar-refractivity contribution in [3.63, 3.8) is 0 Å². The highest BCUT2D eigenvalue weighted by Gasteiger charge is 2.22. The second-order valence-corrected chi connectivity index (χ2v) is 6.34. The maximum atomic E-state index is 11.9. The Hall–Kier alpha value is -0.810. The Bertz CT molecular complexity index is 295. The standard InChI is InChI=1S/C15H31N3O2/c1-12(2)18-8-5-6-14(11-18)10-16-15(20)17(4)9-7-13(3)19/h12-14,19H,5-11H2,1-4H3,(H,16,20). The molecule has 20 heavy (non-hydrogen) atoms. The molecule has 0 saturated carbocycles. The molecule has 1 aliphatic rings. The molecule has 2 N–H and O–H groups in total. The van der Waals surface area contributed by atoms with E-state index in [1.165, 1.54) is 19.4 Å². The summed E-state index contributed by atoms with van der Waals surface area (Å²) in [6.45, 7) is 9.79. The molecule has 1 saturated heterocycles. The van der Waals surface area contributed by atoms with E-state index in [-0.39, 0.29) is 12.1 Å². The molecule has 0 aliphatic carbocycles. The molecule has 0 bridgehead atoms. The molecule has 0 aromatic carbocycles. The van der Waals surface area contributed by atoms with Crippen LogP contribution in [0.15, 0.2) is 0 Å². The van der Waals surface area contributed by atoms with Crippen LogP contribution >= 0.6 is 0 Å². The van der Waals surface area contributed by atoms with Gasteiger partial charge in [-0.2, -0.15) is 0 Å². The lowest BCUT2D eigenvalue weighted by atomic mass is 9.97. The fourth-order valence-corrected chi connectivity index (χ4v) is 2.58. The number of rotatable bonds is 6. The first-order valence-electron chi connectivity index (χ1n) is 7.81. The number of aliphatic hydroxyl groups is 1. The van der Waals surface area contributed by atoms with Crippen LogP contribution in [-0.4, -0.2) is 66.3 Å². The van der Waals surface area contributed by atoms with Crippen LogP contribution in [0, 0.1) is 5.92 Å². The second kappa shape index (κ2) is 8.47. The average molecular weight is 285 g/mol. The normalized spacial score (nSPS) is 21.8. The van der Waals surface area contributed by atoms with Crippen LogP contribution in [0.4, 0.5) is 4.79 Å².